The molecule has 1 aromatic carbocycles. The van der Waals surface area contributed by atoms with Crippen molar-refractivity contribution in [2.45, 2.75) is 26.3 Å². The molecule has 4 nitrogen and oxygen atoms in total. The molecule has 1 fully saturated rings. The number of likely N-dealkylation sites (tertiary alicyclic amines) is 1. The van der Waals surface area contributed by atoms with Crippen molar-refractivity contribution < 1.29 is 9.59 Å². The Bertz CT molecular complexity index is 715. The molecule has 2 heterocycles. The molecule has 0 atom stereocenters. The summed E-state index contributed by atoms with van der Waals surface area (Å²) in [5.41, 5.74) is 1.54. The second-order valence-electron chi connectivity index (χ2n) is 6.05. The average Bonchev–Trinajstić information content (AvgIpc) is 2.85. The Morgan fingerprint density at radius 1 is 1.36 bits per heavy atom. The van der Waals surface area contributed by atoms with E-state index in [2.05, 4.69) is 22.9 Å². The van der Waals surface area contributed by atoms with Crippen LogP contribution in [-0.4, -0.2) is 34.7 Å². The second kappa shape index (κ2) is 6.24. The highest BCUT2D eigenvalue weighted by atomic mass is 79.9. The fourth-order valence-electron chi connectivity index (χ4n) is 3.03. The topological polar surface area (TPSA) is 42.3 Å². The number of carbonyl (C=O) groups is 2. The van der Waals surface area contributed by atoms with Gasteiger partial charge in [-0.05, 0) is 37.0 Å². The van der Waals surface area contributed by atoms with Gasteiger partial charge in [0.1, 0.15) is 6.54 Å². The second-order valence-corrected chi connectivity index (χ2v) is 6.97. The van der Waals surface area contributed by atoms with Gasteiger partial charge in [-0.1, -0.05) is 22.9 Å². The number of hydrogen-bond acceptors (Lipinski definition) is 2. The van der Waals surface area contributed by atoms with Gasteiger partial charge in [0.2, 0.25) is 5.91 Å². The quantitative estimate of drug-likeness (QED) is 0.784. The number of carbonyl (C=O) groups excluding carboxylic acids is 2. The Kier molecular flexibility index (Phi) is 4.34. The van der Waals surface area contributed by atoms with Gasteiger partial charge in [-0.15, -0.1) is 0 Å². The van der Waals surface area contributed by atoms with E-state index >= 15 is 0 Å². The van der Waals surface area contributed by atoms with Crippen LogP contribution < -0.4 is 0 Å². The van der Waals surface area contributed by atoms with E-state index < -0.39 is 0 Å². The lowest BCUT2D eigenvalue weighted by Crippen LogP contribution is -2.39. The van der Waals surface area contributed by atoms with Crippen LogP contribution in [0, 0.1) is 5.92 Å². The standard InChI is InChI=1S/C17H19BrN2O2/c1-12-4-6-19(7-5-12)17(22)10-20-9-13(11-21)15-8-14(18)2-3-16(15)20/h2-3,8-9,11-12H,4-7,10H2,1H3. The number of nitrogens with zero attached hydrogens (tertiary/aromatic N) is 2. The molecule has 0 N–H and O–H groups in total. The number of piperidine rings is 1. The molecule has 0 aliphatic carbocycles. The zero-order chi connectivity index (χ0) is 15.7. The van der Waals surface area contributed by atoms with Crippen molar-refractivity contribution >= 4 is 39.0 Å². The zero-order valence-electron chi connectivity index (χ0n) is 12.6. The maximum atomic E-state index is 12.5. The maximum Gasteiger partial charge on any atom is 0.242 e. The molecule has 2 aromatic rings. The fourth-order valence-corrected chi connectivity index (χ4v) is 3.39. The average molecular weight is 363 g/mol. The van der Waals surface area contributed by atoms with Gasteiger partial charge in [0.15, 0.2) is 6.29 Å². The molecular weight excluding hydrogens is 344 g/mol. The Labute approximate surface area is 138 Å². The van der Waals surface area contributed by atoms with E-state index in [4.69, 9.17) is 0 Å². The first-order valence-electron chi connectivity index (χ1n) is 7.60. The molecule has 0 saturated carbocycles. The SMILES string of the molecule is CC1CCN(C(=O)Cn2cc(C=O)c3cc(Br)ccc32)CC1. The molecule has 116 valence electrons. The van der Waals surface area contributed by atoms with Crippen LogP contribution in [-0.2, 0) is 11.3 Å². The number of benzene rings is 1. The minimum Gasteiger partial charge on any atom is -0.341 e. The van der Waals surface area contributed by atoms with E-state index in [0.29, 0.717) is 18.0 Å². The summed E-state index contributed by atoms with van der Waals surface area (Å²) in [4.78, 5) is 25.7. The van der Waals surface area contributed by atoms with Crippen LogP contribution >= 0.6 is 15.9 Å². The molecule has 3 rings (SSSR count). The van der Waals surface area contributed by atoms with Crippen LogP contribution in [0.3, 0.4) is 0 Å². The maximum absolute atomic E-state index is 12.5. The van der Waals surface area contributed by atoms with E-state index in [-0.39, 0.29) is 5.91 Å². The third kappa shape index (κ3) is 2.95. The van der Waals surface area contributed by atoms with Crippen molar-refractivity contribution in [2.24, 2.45) is 5.92 Å². The first kappa shape index (κ1) is 15.3. The molecule has 1 aliphatic heterocycles. The summed E-state index contributed by atoms with van der Waals surface area (Å²) in [5, 5.41) is 0.879. The Morgan fingerprint density at radius 2 is 2.09 bits per heavy atom. The van der Waals surface area contributed by atoms with Crippen molar-refractivity contribution in [3.8, 4) is 0 Å². The van der Waals surface area contributed by atoms with Crippen LogP contribution in [0.15, 0.2) is 28.9 Å². The minimum absolute atomic E-state index is 0.129. The van der Waals surface area contributed by atoms with E-state index in [1.54, 1.807) is 6.20 Å². The van der Waals surface area contributed by atoms with Crippen molar-refractivity contribution in [3.05, 3.63) is 34.4 Å². The lowest BCUT2D eigenvalue weighted by atomic mass is 9.99. The third-order valence-electron chi connectivity index (χ3n) is 4.44. The van der Waals surface area contributed by atoms with Gasteiger partial charge in [-0.2, -0.15) is 0 Å². The molecule has 22 heavy (non-hydrogen) atoms. The van der Waals surface area contributed by atoms with E-state index in [9.17, 15) is 9.59 Å². The number of fused-ring (bicyclic) bond motifs is 1. The van der Waals surface area contributed by atoms with Crippen LogP contribution in [0.25, 0.3) is 10.9 Å². The Balaban J connectivity index is 1.84. The predicted molar refractivity (Wildman–Crippen MR) is 90.0 cm³/mol. The number of aldehydes is 1. The van der Waals surface area contributed by atoms with E-state index in [0.717, 1.165) is 47.6 Å². The summed E-state index contributed by atoms with van der Waals surface area (Å²) >= 11 is 3.42. The largest absolute Gasteiger partial charge is 0.341 e. The van der Waals surface area contributed by atoms with Gasteiger partial charge in [0, 0.05) is 40.2 Å². The molecule has 0 spiro atoms. The van der Waals surface area contributed by atoms with Gasteiger partial charge < -0.3 is 9.47 Å². The predicted octanol–water partition coefficient (Wildman–Crippen LogP) is 3.47. The summed E-state index contributed by atoms with van der Waals surface area (Å²) in [5.74, 6) is 0.833. The van der Waals surface area contributed by atoms with Gasteiger partial charge in [-0.25, -0.2) is 0 Å². The number of rotatable bonds is 3. The molecule has 0 unspecified atom stereocenters. The van der Waals surface area contributed by atoms with Gasteiger partial charge in [0.25, 0.3) is 0 Å². The minimum atomic E-state index is 0.129. The fraction of sp³-hybridized carbons (Fsp3) is 0.412. The Hall–Kier alpha value is -1.62. The number of amides is 1. The molecule has 1 aliphatic rings. The summed E-state index contributed by atoms with van der Waals surface area (Å²) in [6.45, 7) is 4.20. The highest BCUT2D eigenvalue weighted by molar-refractivity contribution is 9.10. The number of aromatic nitrogens is 1. The number of hydrogen-bond donors (Lipinski definition) is 0. The highest BCUT2D eigenvalue weighted by Crippen LogP contribution is 2.25. The van der Waals surface area contributed by atoms with E-state index in [1.165, 1.54) is 0 Å². The van der Waals surface area contributed by atoms with Crippen molar-refractivity contribution in [1.29, 1.82) is 0 Å². The smallest absolute Gasteiger partial charge is 0.242 e. The van der Waals surface area contributed by atoms with Crippen molar-refractivity contribution in [2.75, 3.05) is 13.1 Å². The van der Waals surface area contributed by atoms with Gasteiger partial charge in [-0.3, -0.25) is 9.59 Å². The van der Waals surface area contributed by atoms with Crippen LogP contribution in [0.5, 0.6) is 0 Å². The lowest BCUT2D eigenvalue weighted by molar-refractivity contribution is -0.133. The lowest BCUT2D eigenvalue weighted by Gasteiger charge is -2.30. The normalized spacial score (nSPS) is 16.2. The van der Waals surface area contributed by atoms with E-state index in [1.807, 2.05) is 27.7 Å². The molecule has 0 radical (unpaired) electrons. The molecule has 5 heteroatoms. The first-order valence-corrected chi connectivity index (χ1v) is 8.39. The molecule has 1 amide bonds. The third-order valence-corrected chi connectivity index (χ3v) is 4.94. The Morgan fingerprint density at radius 3 is 2.77 bits per heavy atom. The van der Waals surface area contributed by atoms with Crippen LogP contribution in [0.1, 0.15) is 30.1 Å². The molecule has 1 saturated heterocycles. The van der Waals surface area contributed by atoms with Crippen molar-refractivity contribution in [3.63, 3.8) is 0 Å². The monoisotopic (exact) mass is 362 g/mol. The van der Waals surface area contributed by atoms with Crippen LogP contribution in [0.2, 0.25) is 0 Å². The summed E-state index contributed by atoms with van der Waals surface area (Å²) in [7, 11) is 0. The summed E-state index contributed by atoms with van der Waals surface area (Å²) in [6, 6.07) is 5.79. The number of halogens is 1. The van der Waals surface area contributed by atoms with Crippen LogP contribution in [0.4, 0.5) is 0 Å². The summed E-state index contributed by atoms with van der Waals surface area (Å²) < 4.78 is 2.81. The van der Waals surface area contributed by atoms with Gasteiger partial charge >= 0.3 is 0 Å². The first-order chi connectivity index (χ1) is 10.6. The highest BCUT2D eigenvalue weighted by Gasteiger charge is 2.21. The molecular formula is C17H19BrN2O2. The van der Waals surface area contributed by atoms with Crippen molar-refractivity contribution in [1.82, 2.24) is 9.47 Å². The summed E-state index contributed by atoms with van der Waals surface area (Å²) in [6.07, 6.45) is 4.77. The zero-order valence-corrected chi connectivity index (χ0v) is 14.2. The molecule has 1 aromatic heterocycles. The molecule has 0 bridgehead atoms. The van der Waals surface area contributed by atoms with Gasteiger partial charge in [0.05, 0.1) is 0 Å².